The normalized spacial score (nSPS) is 25.8. The van der Waals surface area contributed by atoms with Crippen molar-refractivity contribution in [3.8, 4) is 0 Å². The highest BCUT2D eigenvalue weighted by Gasteiger charge is 2.19. The molecule has 0 bridgehead atoms. The molecule has 78 valence electrons. The maximum atomic E-state index is 5.94. The molecule has 13 heavy (non-hydrogen) atoms. The summed E-state index contributed by atoms with van der Waals surface area (Å²) in [6, 6.07) is 0.583. The SMILES string of the molecule is COCCN1CCCCCC1CCl. The van der Waals surface area contributed by atoms with Crippen LogP contribution in [0.15, 0.2) is 0 Å². The second kappa shape index (κ2) is 6.63. The number of methoxy groups -OCH3 is 1. The molecule has 1 rings (SSSR count). The fourth-order valence-corrected chi connectivity index (χ4v) is 2.26. The number of likely N-dealkylation sites (tertiary alicyclic amines) is 1. The highest BCUT2D eigenvalue weighted by atomic mass is 35.5. The van der Waals surface area contributed by atoms with Gasteiger partial charge in [0.25, 0.3) is 0 Å². The standard InChI is InChI=1S/C10H20ClNO/c1-13-8-7-12-6-4-2-3-5-10(12)9-11/h10H,2-9H2,1H3. The van der Waals surface area contributed by atoms with Gasteiger partial charge in [0.1, 0.15) is 0 Å². The van der Waals surface area contributed by atoms with Gasteiger partial charge in [-0.3, -0.25) is 4.90 Å². The predicted molar refractivity (Wildman–Crippen MR) is 56.4 cm³/mol. The molecule has 0 radical (unpaired) electrons. The van der Waals surface area contributed by atoms with E-state index in [4.69, 9.17) is 16.3 Å². The average Bonchev–Trinajstić information content (AvgIpc) is 2.39. The van der Waals surface area contributed by atoms with E-state index in [9.17, 15) is 0 Å². The molecule has 0 N–H and O–H groups in total. The Morgan fingerprint density at radius 2 is 2.23 bits per heavy atom. The van der Waals surface area contributed by atoms with Crippen molar-refractivity contribution in [2.45, 2.75) is 31.7 Å². The molecule has 0 saturated carbocycles. The molecule has 1 unspecified atom stereocenters. The Morgan fingerprint density at radius 1 is 1.38 bits per heavy atom. The van der Waals surface area contributed by atoms with Gasteiger partial charge in [0.15, 0.2) is 0 Å². The smallest absolute Gasteiger partial charge is 0.0589 e. The van der Waals surface area contributed by atoms with Gasteiger partial charge < -0.3 is 4.74 Å². The van der Waals surface area contributed by atoms with Gasteiger partial charge in [0, 0.05) is 25.6 Å². The Kier molecular flexibility index (Phi) is 5.76. The van der Waals surface area contributed by atoms with E-state index in [0.717, 1.165) is 19.0 Å². The van der Waals surface area contributed by atoms with Crippen molar-refractivity contribution in [1.29, 1.82) is 0 Å². The van der Waals surface area contributed by atoms with Gasteiger partial charge in [-0.1, -0.05) is 12.8 Å². The molecule has 1 atom stereocenters. The van der Waals surface area contributed by atoms with E-state index >= 15 is 0 Å². The largest absolute Gasteiger partial charge is 0.383 e. The minimum absolute atomic E-state index is 0.583. The van der Waals surface area contributed by atoms with Crippen LogP contribution in [0.4, 0.5) is 0 Å². The Bertz CT molecular complexity index is 132. The van der Waals surface area contributed by atoms with Crippen LogP contribution in [-0.4, -0.2) is 43.6 Å². The number of halogens is 1. The molecule has 1 saturated heterocycles. The molecule has 0 aromatic rings. The van der Waals surface area contributed by atoms with E-state index in [1.54, 1.807) is 7.11 Å². The molecule has 0 spiro atoms. The number of alkyl halides is 1. The summed E-state index contributed by atoms with van der Waals surface area (Å²) in [4.78, 5) is 2.48. The number of hydrogen-bond acceptors (Lipinski definition) is 2. The van der Waals surface area contributed by atoms with Crippen molar-refractivity contribution in [2.75, 3.05) is 32.7 Å². The summed E-state index contributed by atoms with van der Waals surface area (Å²) in [7, 11) is 1.76. The molecule has 1 heterocycles. The minimum atomic E-state index is 0.583. The lowest BCUT2D eigenvalue weighted by atomic mass is 10.1. The number of rotatable bonds is 4. The van der Waals surface area contributed by atoms with Crippen LogP contribution in [0.25, 0.3) is 0 Å². The van der Waals surface area contributed by atoms with E-state index in [1.165, 1.54) is 32.2 Å². The molecular formula is C10H20ClNO. The molecule has 0 amide bonds. The van der Waals surface area contributed by atoms with Crippen molar-refractivity contribution in [3.05, 3.63) is 0 Å². The van der Waals surface area contributed by atoms with E-state index in [1.807, 2.05) is 0 Å². The molecule has 3 heteroatoms. The first-order valence-electron chi connectivity index (χ1n) is 5.17. The first kappa shape index (κ1) is 11.3. The van der Waals surface area contributed by atoms with Crippen LogP contribution in [0, 0.1) is 0 Å². The zero-order chi connectivity index (χ0) is 9.52. The molecule has 1 fully saturated rings. The highest BCUT2D eigenvalue weighted by Crippen LogP contribution is 2.17. The predicted octanol–water partition coefficient (Wildman–Crippen LogP) is 2.12. The summed E-state index contributed by atoms with van der Waals surface area (Å²) in [6.07, 6.45) is 5.27. The summed E-state index contributed by atoms with van der Waals surface area (Å²) in [6.45, 7) is 3.06. The Hall–Kier alpha value is 0.210. The molecule has 0 aromatic carbocycles. The summed E-state index contributed by atoms with van der Waals surface area (Å²) in [5.41, 5.74) is 0. The van der Waals surface area contributed by atoms with Crippen LogP contribution in [0.2, 0.25) is 0 Å². The van der Waals surface area contributed by atoms with Crippen molar-refractivity contribution < 1.29 is 4.74 Å². The third-order valence-electron chi connectivity index (χ3n) is 2.76. The van der Waals surface area contributed by atoms with Crippen LogP contribution in [0.3, 0.4) is 0 Å². The van der Waals surface area contributed by atoms with E-state index in [2.05, 4.69) is 4.90 Å². The fraction of sp³-hybridized carbons (Fsp3) is 1.00. The van der Waals surface area contributed by atoms with Crippen LogP contribution < -0.4 is 0 Å². The number of nitrogens with zero attached hydrogens (tertiary/aromatic N) is 1. The molecular weight excluding hydrogens is 186 g/mol. The second-order valence-electron chi connectivity index (χ2n) is 3.69. The Balaban J connectivity index is 2.34. The monoisotopic (exact) mass is 205 g/mol. The molecule has 1 aliphatic heterocycles. The quantitative estimate of drug-likeness (QED) is 0.652. The highest BCUT2D eigenvalue weighted by molar-refractivity contribution is 6.18. The van der Waals surface area contributed by atoms with Crippen LogP contribution in [0.5, 0.6) is 0 Å². The Labute approximate surface area is 86.2 Å². The van der Waals surface area contributed by atoms with Gasteiger partial charge >= 0.3 is 0 Å². The van der Waals surface area contributed by atoms with Crippen molar-refractivity contribution in [3.63, 3.8) is 0 Å². The van der Waals surface area contributed by atoms with E-state index in [0.29, 0.717) is 6.04 Å². The van der Waals surface area contributed by atoms with E-state index < -0.39 is 0 Å². The average molecular weight is 206 g/mol. The van der Waals surface area contributed by atoms with Gasteiger partial charge in [-0.25, -0.2) is 0 Å². The Morgan fingerprint density at radius 3 is 2.92 bits per heavy atom. The van der Waals surface area contributed by atoms with Gasteiger partial charge in [0.05, 0.1) is 6.61 Å². The van der Waals surface area contributed by atoms with Crippen molar-refractivity contribution in [2.24, 2.45) is 0 Å². The first-order valence-corrected chi connectivity index (χ1v) is 5.71. The third kappa shape index (κ3) is 3.84. The zero-order valence-electron chi connectivity index (χ0n) is 8.47. The molecule has 2 nitrogen and oxygen atoms in total. The summed E-state index contributed by atoms with van der Waals surface area (Å²) >= 11 is 5.94. The molecule has 0 aromatic heterocycles. The van der Waals surface area contributed by atoms with Gasteiger partial charge in [-0.05, 0) is 19.4 Å². The minimum Gasteiger partial charge on any atom is -0.383 e. The zero-order valence-corrected chi connectivity index (χ0v) is 9.22. The van der Waals surface area contributed by atoms with Gasteiger partial charge in [-0.15, -0.1) is 11.6 Å². The summed E-state index contributed by atoms with van der Waals surface area (Å²) < 4.78 is 5.09. The lowest BCUT2D eigenvalue weighted by Gasteiger charge is -2.27. The lowest BCUT2D eigenvalue weighted by Crippen LogP contribution is -2.38. The van der Waals surface area contributed by atoms with Crippen LogP contribution >= 0.6 is 11.6 Å². The van der Waals surface area contributed by atoms with Crippen molar-refractivity contribution >= 4 is 11.6 Å². The number of ether oxygens (including phenoxy) is 1. The van der Waals surface area contributed by atoms with Crippen LogP contribution in [0.1, 0.15) is 25.7 Å². The maximum absolute atomic E-state index is 5.94. The number of hydrogen-bond donors (Lipinski definition) is 0. The van der Waals surface area contributed by atoms with Crippen molar-refractivity contribution in [1.82, 2.24) is 4.90 Å². The topological polar surface area (TPSA) is 12.5 Å². The third-order valence-corrected chi connectivity index (χ3v) is 3.12. The van der Waals surface area contributed by atoms with Crippen LogP contribution in [-0.2, 0) is 4.74 Å². The maximum Gasteiger partial charge on any atom is 0.0589 e. The summed E-state index contributed by atoms with van der Waals surface area (Å²) in [5, 5.41) is 0. The second-order valence-corrected chi connectivity index (χ2v) is 3.99. The molecule has 1 aliphatic rings. The fourth-order valence-electron chi connectivity index (χ4n) is 1.91. The van der Waals surface area contributed by atoms with Gasteiger partial charge in [0.2, 0.25) is 0 Å². The van der Waals surface area contributed by atoms with Gasteiger partial charge in [-0.2, -0.15) is 0 Å². The van der Waals surface area contributed by atoms with E-state index in [-0.39, 0.29) is 0 Å². The lowest BCUT2D eigenvalue weighted by molar-refractivity contribution is 0.127. The summed E-state index contributed by atoms with van der Waals surface area (Å²) in [5.74, 6) is 0.768. The first-order chi connectivity index (χ1) is 6.38. The molecule has 0 aliphatic carbocycles.